The van der Waals surface area contributed by atoms with Gasteiger partial charge in [0.15, 0.2) is 0 Å². The van der Waals surface area contributed by atoms with Crippen LogP contribution < -0.4 is 4.90 Å². The van der Waals surface area contributed by atoms with Crippen molar-refractivity contribution in [1.82, 2.24) is 0 Å². The Morgan fingerprint density at radius 2 is 0.966 bits per heavy atom. The average Bonchev–Trinajstić information content (AvgIpc) is 3.70. The first-order valence-electron chi connectivity index (χ1n) is 20.3. The van der Waals surface area contributed by atoms with E-state index in [1.54, 1.807) is 0 Å². The summed E-state index contributed by atoms with van der Waals surface area (Å²) in [5, 5.41) is 2.46. The second kappa shape index (κ2) is 12.4. The minimum absolute atomic E-state index is 0.153. The van der Waals surface area contributed by atoms with E-state index in [1.165, 1.54) is 93.0 Å². The molecule has 0 amide bonds. The van der Waals surface area contributed by atoms with Crippen LogP contribution in [0.5, 0.6) is 0 Å². The second-order valence-electron chi connectivity index (χ2n) is 16.4. The van der Waals surface area contributed by atoms with Crippen molar-refractivity contribution in [2.45, 2.75) is 34.5 Å². The lowest BCUT2D eigenvalue weighted by Crippen LogP contribution is -2.32. The molecule has 1 aliphatic heterocycles. The molecule has 0 atom stereocenters. The molecular formula is C56H39NS. The van der Waals surface area contributed by atoms with E-state index in [9.17, 15) is 0 Å². The fraction of sp³-hybridized carbons (Fsp3) is 0.0714. The van der Waals surface area contributed by atoms with Gasteiger partial charge in [-0.25, -0.2) is 0 Å². The third-order valence-corrected chi connectivity index (χ3v) is 14.3. The van der Waals surface area contributed by atoms with Crippen molar-refractivity contribution in [1.29, 1.82) is 0 Å². The summed E-state index contributed by atoms with van der Waals surface area (Å²) in [6.45, 7) is 4.77. The predicted molar refractivity (Wildman–Crippen MR) is 243 cm³/mol. The molecule has 12 rings (SSSR count). The molecule has 9 aromatic carbocycles. The highest BCUT2D eigenvalue weighted by molar-refractivity contribution is 7.99. The predicted octanol–water partition coefficient (Wildman–Crippen LogP) is 15.1. The van der Waals surface area contributed by atoms with Crippen LogP contribution in [0.1, 0.15) is 47.2 Å². The molecule has 1 spiro atoms. The molecule has 274 valence electrons. The molecule has 0 N–H and O–H groups in total. The van der Waals surface area contributed by atoms with Gasteiger partial charge in [0, 0.05) is 31.8 Å². The number of hydrogen-bond donors (Lipinski definition) is 0. The van der Waals surface area contributed by atoms with Crippen molar-refractivity contribution in [2.75, 3.05) is 4.90 Å². The largest absolute Gasteiger partial charge is 0.308 e. The maximum absolute atomic E-state index is 2.60. The van der Waals surface area contributed by atoms with Crippen LogP contribution in [0.15, 0.2) is 210 Å². The first kappa shape index (κ1) is 33.5. The first-order chi connectivity index (χ1) is 28.5. The summed E-state index contributed by atoms with van der Waals surface area (Å²) in [4.78, 5) is 5.18. The van der Waals surface area contributed by atoms with Crippen molar-refractivity contribution in [3.63, 3.8) is 0 Å². The van der Waals surface area contributed by atoms with Gasteiger partial charge in [-0.1, -0.05) is 195 Å². The molecule has 1 heterocycles. The molecule has 58 heavy (non-hydrogen) atoms. The highest BCUT2D eigenvalue weighted by atomic mass is 32.2. The van der Waals surface area contributed by atoms with Crippen molar-refractivity contribution in [3.05, 3.63) is 234 Å². The van der Waals surface area contributed by atoms with E-state index in [-0.39, 0.29) is 5.41 Å². The lowest BCUT2D eigenvalue weighted by molar-refractivity contribution is 0.660. The molecule has 0 unspecified atom stereocenters. The average molecular weight is 758 g/mol. The number of anilines is 3. The molecule has 0 radical (unpaired) electrons. The zero-order chi connectivity index (χ0) is 38.6. The Kier molecular flexibility index (Phi) is 7.19. The monoisotopic (exact) mass is 757 g/mol. The van der Waals surface area contributed by atoms with Crippen LogP contribution in [-0.4, -0.2) is 0 Å². The minimum atomic E-state index is -0.505. The van der Waals surface area contributed by atoms with Crippen LogP contribution in [0.3, 0.4) is 0 Å². The van der Waals surface area contributed by atoms with Gasteiger partial charge >= 0.3 is 0 Å². The smallest absolute Gasteiger partial charge is 0.0736 e. The van der Waals surface area contributed by atoms with Crippen molar-refractivity contribution < 1.29 is 0 Å². The van der Waals surface area contributed by atoms with Gasteiger partial charge in [-0.05, 0) is 96.9 Å². The van der Waals surface area contributed by atoms with Crippen molar-refractivity contribution >= 4 is 39.6 Å². The second-order valence-corrected chi connectivity index (χ2v) is 17.4. The Bertz CT molecular complexity index is 3090. The number of fused-ring (bicyclic) bond motifs is 13. The van der Waals surface area contributed by atoms with Gasteiger partial charge in [0.05, 0.1) is 16.8 Å². The van der Waals surface area contributed by atoms with Gasteiger partial charge in [-0.15, -0.1) is 0 Å². The van der Waals surface area contributed by atoms with E-state index in [0.29, 0.717) is 0 Å². The molecule has 0 aromatic heterocycles. The summed E-state index contributed by atoms with van der Waals surface area (Å²) in [6, 6.07) is 75.0. The van der Waals surface area contributed by atoms with Crippen LogP contribution in [0.2, 0.25) is 0 Å². The van der Waals surface area contributed by atoms with Crippen LogP contribution in [0.25, 0.3) is 44.2 Å². The van der Waals surface area contributed by atoms with Gasteiger partial charge in [0.1, 0.15) is 0 Å². The highest BCUT2D eigenvalue weighted by Crippen LogP contribution is 2.65. The summed E-state index contributed by atoms with van der Waals surface area (Å²) >= 11 is 1.93. The quantitative estimate of drug-likeness (QED) is 0.176. The van der Waals surface area contributed by atoms with E-state index < -0.39 is 5.41 Å². The Morgan fingerprint density at radius 1 is 0.414 bits per heavy atom. The molecule has 2 aliphatic carbocycles. The molecule has 0 bridgehead atoms. The molecule has 0 saturated heterocycles. The number of benzene rings is 9. The summed E-state index contributed by atoms with van der Waals surface area (Å²) in [5.41, 5.74) is 18.6. The van der Waals surface area contributed by atoms with Gasteiger partial charge in [-0.2, -0.15) is 0 Å². The summed E-state index contributed by atoms with van der Waals surface area (Å²) in [6.07, 6.45) is 0. The van der Waals surface area contributed by atoms with Crippen LogP contribution >= 0.6 is 11.8 Å². The van der Waals surface area contributed by atoms with Gasteiger partial charge in [0.2, 0.25) is 0 Å². The van der Waals surface area contributed by atoms with Crippen LogP contribution in [0.4, 0.5) is 17.1 Å². The molecule has 9 aromatic rings. The Labute approximate surface area is 344 Å². The molecule has 3 aliphatic rings. The standard InChI is InChI=1S/C56H39NS/c1-55(2)45-26-12-8-23-41(45)44-33-32-38(35-49(44)55)57(51-30-16-11-21-39(51)36-18-4-3-5-19-36)53-40-22-7-6-20-37(40)34-50-54(53)58-52-31-17-15-29-48(52)56(50)46-27-13-9-24-42(46)43-25-10-14-28-47(43)56/h3-35H,1-2H3. The lowest BCUT2D eigenvalue weighted by Gasteiger charge is -2.42. The molecule has 1 nitrogen and oxygen atoms in total. The number of para-hydroxylation sites is 1. The minimum Gasteiger partial charge on any atom is -0.308 e. The fourth-order valence-corrected chi connectivity index (χ4v) is 11.9. The number of nitrogens with zero attached hydrogens (tertiary/aromatic N) is 1. The SMILES string of the molecule is CC1(C)c2ccccc2-c2ccc(N(c3ccccc3-c3ccccc3)c3c4c(cc5ccccc35)C3(c5ccccc5S4)c4ccccc4-c4ccccc43)cc21. The van der Waals surface area contributed by atoms with Crippen LogP contribution in [-0.2, 0) is 10.8 Å². The molecule has 0 fully saturated rings. The maximum atomic E-state index is 2.60. The topological polar surface area (TPSA) is 3.24 Å². The first-order valence-corrected chi connectivity index (χ1v) is 21.1. The normalized spacial score (nSPS) is 14.6. The van der Waals surface area contributed by atoms with Crippen molar-refractivity contribution in [2.24, 2.45) is 0 Å². The van der Waals surface area contributed by atoms with Gasteiger partial charge in [-0.3, -0.25) is 0 Å². The molecule has 0 saturated carbocycles. The van der Waals surface area contributed by atoms with Gasteiger partial charge in [0.25, 0.3) is 0 Å². The van der Waals surface area contributed by atoms with Crippen LogP contribution in [0, 0.1) is 0 Å². The zero-order valence-electron chi connectivity index (χ0n) is 32.4. The highest BCUT2D eigenvalue weighted by Gasteiger charge is 2.51. The Hall–Kier alpha value is -6.61. The van der Waals surface area contributed by atoms with E-state index in [1.807, 2.05) is 11.8 Å². The number of hydrogen-bond acceptors (Lipinski definition) is 2. The fourth-order valence-electron chi connectivity index (χ4n) is 10.6. The van der Waals surface area contributed by atoms with Gasteiger partial charge < -0.3 is 4.90 Å². The summed E-state index contributed by atoms with van der Waals surface area (Å²) < 4.78 is 0. The van der Waals surface area contributed by atoms with E-state index in [0.717, 1.165) is 11.4 Å². The van der Waals surface area contributed by atoms with E-state index >= 15 is 0 Å². The summed E-state index contributed by atoms with van der Waals surface area (Å²) in [5.74, 6) is 0. The number of rotatable bonds is 4. The lowest BCUT2D eigenvalue weighted by atomic mass is 9.67. The van der Waals surface area contributed by atoms with E-state index in [2.05, 4.69) is 219 Å². The Morgan fingerprint density at radius 3 is 1.71 bits per heavy atom. The third kappa shape index (κ3) is 4.50. The zero-order valence-corrected chi connectivity index (χ0v) is 33.2. The Balaban J connectivity index is 1.23. The molecular weight excluding hydrogens is 719 g/mol. The molecule has 2 heteroatoms. The maximum Gasteiger partial charge on any atom is 0.0736 e. The van der Waals surface area contributed by atoms with Crippen molar-refractivity contribution in [3.8, 4) is 33.4 Å². The third-order valence-electron chi connectivity index (χ3n) is 13.1. The van der Waals surface area contributed by atoms with E-state index in [4.69, 9.17) is 0 Å². The summed E-state index contributed by atoms with van der Waals surface area (Å²) in [7, 11) is 0.